The van der Waals surface area contributed by atoms with Crippen molar-refractivity contribution in [3.05, 3.63) is 53.2 Å². The molecule has 9 nitrogen and oxygen atoms in total. The summed E-state index contributed by atoms with van der Waals surface area (Å²) in [6.07, 6.45) is 1.36. The second-order valence-electron chi connectivity index (χ2n) is 7.24. The molecule has 0 radical (unpaired) electrons. The van der Waals surface area contributed by atoms with Crippen molar-refractivity contribution in [1.29, 1.82) is 0 Å². The van der Waals surface area contributed by atoms with Gasteiger partial charge in [0.05, 0.1) is 11.1 Å². The lowest BCUT2D eigenvalue weighted by molar-refractivity contribution is 0.0934. The van der Waals surface area contributed by atoms with Gasteiger partial charge in [-0.15, -0.1) is 10.2 Å². The van der Waals surface area contributed by atoms with E-state index in [2.05, 4.69) is 20.9 Å². The fraction of sp³-hybridized carbons (Fsp3) is 0.316. The summed E-state index contributed by atoms with van der Waals surface area (Å²) in [5, 5.41) is 9.70. The normalized spacial score (nSPS) is 15.2. The molecule has 0 spiro atoms. The van der Waals surface area contributed by atoms with Gasteiger partial charge in [-0.3, -0.25) is 4.79 Å². The fourth-order valence-electron chi connectivity index (χ4n) is 3.14. The number of aromatic nitrogens is 1. The van der Waals surface area contributed by atoms with Crippen LogP contribution in [0.4, 0.5) is 20.3 Å². The fourth-order valence-corrected chi connectivity index (χ4v) is 3.14. The van der Waals surface area contributed by atoms with E-state index in [0.29, 0.717) is 12.1 Å². The number of hydrazone groups is 1. The van der Waals surface area contributed by atoms with Crippen LogP contribution in [0.5, 0.6) is 0 Å². The van der Waals surface area contributed by atoms with Crippen LogP contribution >= 0.6 is 0 Å². The van der Waals surface area contributed by atoms with Crippen LogP contribution in [0.15, 0.2) is 35.6 Å². The Morgan fingerprint density at radius 2 is 2.10 bits per heavy atom. The first kappa shape index (κ1) is 21.4. The molecule has 11 heteroatoms. The smallest absolute Gasteiger partial charge is 0.253 e. The molecule has 0 saturated heterocycles. The largest absolute Gasteiger partial charge is 0.383 e. The number of hydrogen-bond donors (Lipinski definition) is 3. The Kier molecular flexibility index (Phi) is 6.13. The Bertz CT molecular complexity index is 981. The lowest BCUT2D eigenvalue weighted by Gasteiger charge is -2.26. The number of halogens is 2. The summed E-state index contributed by atoms with van der Waals surface area (Å²) < 4.78 is 28.2. The number of likely N-dealkylation sites (N-methyl/N-ethyl adjacent to an activating group) is 1. The first-order valence-electron chi connectivity index (χ1n) is 9.21. The van der Waals surface area contributed by atoms with E-state index in [1.54, 1.807) is 7.05 Å². The average molecular weight is 418 g/mol. The minimum Gasteiger partial charge on any atom is -0.383 e. The molecule has 1 atom stereocenters. The summed E-state index contributed by atoms with van der Waals surface area (Å²) in [7, 11) is 5.39. The highest BCUT2D eigenvalue weighted by atomic mass is 19.2. The summed E-state index contributed by atoms with van der Waals surface area (Å²) >= 11 is 0. The number of nitrogens with two attached hydrogens (primary N) is 1. The van der Waals surface area contributed by atoms with E-state index in [1.165, 1.54) is 34.5 Å². The van der Waals surface area contributed by atoms with E-state index >= 15 is 0 Å². The topological polar surface area (TPSA) is 102 Å². The predicted molar refractivity (Wildman–Crippen MR) is 110 cm³/mol. The number of nitrogens with zero attached hydrogens (tertiary/aromatic N) is 5. The SMILES string of the molecule is CC(CN(C)C)NC(=O)c1cnc(N)c(C2=NNN(C)N2c2cccc(F)c2F)c1. The van der Waals surface area contributed by atoms with Gasteiger partial charge in [0.25, 0.3) is 5.91 Å². The Balaban J connectivity index is 1.94. The molecular formula is C19H24F2N8O. The van der Waals surface area contributed by atoms with Gasteiger partial charge in [-0.1, -0.05) is 6.07 Å². The minimum absolute atomic E-state index is 0.0740. The predicted octanol–water partition coefficient (Wildman–Crippen LogP) is 1.16. The van der Waals surface area contributed by atoms with Crippen molar-refractivity contribution < 1.29 is 13.6 Å². The van der Waals surface area contributed by atoms with Gasteiger partial charge in [-0.05, 0) is 39.2 Å². The lowest BCUT2D eigenvalue weighted by Crippen LogP contribution is -2.44. The first-order valence-corrected chi connectivity index (χ1v) is 9.21. The third kappa shape index (κ3) is 4.31. The van der Waals surface area contributed by atoms with Gasteiger partial charge in [-0.2, -0.15) is 0 Å². The molecule has 1 aliphatic rings. The summed E-state index contributed by atoms with van der Waals surface area (Å²) in [6.45, 7) is 2.55. The van der Waals surface area contributed by atoms with Gasteiger partial charge in [0.1, 0.15) is 11.5 Å². The molecule has 3 rings (SSSR count). The number of nitrogen functional groups attached to an aromatic ring is 1. The summed E-state index contributed by atoms with van der Waals surface area (Å²) in [5.41, 5.74) is 9.17. The molecule has 1 unspecified atom stereocenters. The number of rotatable bonds is 6. The average Bonchev–Trinajstić information content (AvgIpc) is 3.04. The molecule has 2 heterocycles. The number of nitrogens with one attached hydrogen (secondary N) is 2. The zero-order chi connectivity index (χ0) is 22.0. The summed E-state index contributed by atoms with van der Waals surface area (Å²) in [5.74, 6) is -2.12. The van der Waals surface area contributed by atoms with Crippen LogP contribution in [0.2, 0.25) is 0 Å². The Morgan fingerprint density at radius 1 is 1.37 bits per heavy atom. The molecule has 1 amide bonds. The third-order valence-corrected chi connectivity index (χ3v) is 4.40. The zero-order valence-corrected chi connectivity index (χ0v) is 17.1. The van der Waals surface area contributed by atoms with Crippen LogP contribution in [-0.4, -0.2) is 60.5 Å². The maximum atomic E-state index is 14.4. The van der Waals surface area contributed by atoms with Crippen LogP contribution in [0.3, 0.4) is 0 Å². The number of amides is 1. The Morgan fingerprint density at radius 3 is 2.80 bits per heavy atom. The van der Waals surface area contributed by atoms with Crippen LogP contribution in [0, 0.1) is 11.6 Å². The van der Waals surface area contributed by atoms with Crippen molar-refractivity contribution in [2.24, 2.45) is 5.10 Å². The van der Waals surface area contributed by atoms with Crippen molar-refractivity contribution in [2.75, 3.05) is 38.4 Å². The molecule has 0 fully saturated rings. The first-order chi connectivity index (χ1) is 14.2. The van der Waals surface area contributed by atoms with E-state index in [9.17, 15) is 13.6 Å². The van der Waals surface area contributed by atoms with E-state index in [0.717, 1.165) is 6.07 Å². The zero-order valence-electron chi connectivity index (χ0n) is 17.1. The van der Waals surface area contributed by atoms with Gasteiger partial charge >= 0.3 is 0 Å². The number of anilines is 2. The van der Waals surface area contributed by atoms with Gasteiger partial charge < -0.3 is 16.0 Å². The van der Waals surface area contributed by atoms with Crippen molar-refractivity contribution in [3.63, 3.8) is 0 Å². The van der Waals surface area contributed by atoms with E-state index in [1.807, 2.05) is 25.9 Å². The number of carbonyl (C=O) groups excluding carboxylic acids is 1. The van der Waals surface area contributed by atoms with Gasteiger partial charge in [0, 0.05) is 25.8 Å². The van der Waals surface area contributed by atoms with Crippen LogP contribution in [0.1, 0.15) is 22.8 Å². The molecule has 2 aromatic rings. The van der Waals surface area contributed by atoms with Crippen LogP contribution < -0.4 is 21.6 Å². The second-order valence-corrected chi connectivity index (χ2v) is 7.24. The molecule has 1 aliphatic heterocycles. The highest BCUT2D eigenvalue weighted by Crippen LogP contribution is 2.27. The monoisotopic (exact) mass is 418 g/mol. The third-order valence-electron chi connectivity index (χ3n) is 4.40. The highest BCUT2D eigenvalue weighted by Gasteiger charge is 2.31. The molecule has 1 aromatic carbocycles. The maximum absolute atomic E-state index is 14.4. The summed E-state index contributed by atoms with van der Waals surface area (Å²) in [6, 6.07) is 5.23. The molecule has 160 valence electrons. The molecule has 30 heavy (non-hydrogen) atoms. The molecule has 0 bridgehead atoms. The Labute approximate surface area is 173 Å². The standard InChI is InChI=1S/C19H24F2N8O/c1-11(10-27(2)3)24-19(30)12-8-13(17(22)23-9-12)18-25-26-28(4)29(18)15-7-5-6-14(20)16(15)21/h5-9,11,26H,10H2,1-4H3,(H2,22,23)(H,24,30). The number of amidine groups is 1. The number of carbonyl (C=O) groups is 1. The quantitative estimate of drug-likeness (QED) is 0.647. The van der Waals surface area contributed by atoms with Crippen molar-refractivity contribution in [1.82, 2.24) is 25.9 Å². The number of pyridine rings is 1. The van der Waals surface area contributed by atoms with Crippen LogP contribution in [0.25, 0.3) is 0 Å². The van der Waals surface area contributed by atoms with Gasteiger partial charge in [0.15, 0.2) is 17.5 Å². The number of hydrogen-bond acceptors (Lipinski definition) is 8. The lowest BCUT2D eigenvalue weighted by atomic mass is 10.1. The van der Waals surface area contributed by atoms with Crippen molar-refractivity contribution in [3.8, 4) is 0 Å². The second kappa shape index (κ2) is 8.59. The molecular weight excluding hydrogens is 394 g/mol. The summed E-state index contributed by atoms with van der Waals surface area (Å²) in [4.78, 5) is 18.7. The molecule has 1 aromatic heterocycles. The van der Waals surface area contributed by atoms with E-state index in [4.69, 9.17) is 5.73 Å². The highest BCUT2D eigenvalue weighted by molar-refractivity contribution is 6.13. The van der Waals surface area contributed by atoms with Gasteiger partial charge in [-0.25, -0.2) is 24.3 Å². The molecule has 0 aliphatic carbocycles. The maximum Gasteiger partial charge on any atom is 0.253 e. The van der Waals surface area contributed by atoms with Crippen molar-refractivity contribution >= 4 is 23.2 Å². The number of hydrazine groups is 2. The minimum atomic E-state index is -1.04. The van der Waals surface area contributed by atoms with Crippen LogP contribution in [-0.2, 0) is 0 Å². The Hall–Kier alpha value is -3.31. The molecule has 0 saturated carbocycles. The van der Waals surface area contributed by atoms with E-state index < -0.39 is 11.6 Å². The molecule has 4 N–H and O–H groups in total. The van der Waals surface area contributed by atoms with Gasteiger partial charge in [0.2, 0.25) is 0 Å². The number of benzene rings is 1. The van der Waals surface area contributed by atoms with Crippen molar-refractivity contribution in [2.45, 2.75) is 13.0 Å². The van der Waals surface area contributed by atoms with E-state index in [-0.39, 0.29) is 34.9 Å².